The number of anilines is 1. The van der Waals surface area contributed by atoms with E-state index in [0.717, 1.165) is 12.1 Å². The maximum atomic E-state index is 12.6. The summed E-state index contributed by atoms with van der Waals surface area (Å²) in [6.45, 7) is 0. The Morgan fingerprint density at radius 2 is 2.18 bits per heavy atom. The summed E-state index contributed by atoms with van der Waals surface area (Å²) in [4.78, 5) is 0. The summed E-state index contributed by atoms with van der Waals surface area (Å²) >= 11 is 0. The predicted octanol–water partition coefficient (Wildman–Crippen LogP) is 1.12. The Bertz CT molecular complexity index is 275. The molecule has 0 saturated carbocycles. The third-order valence-electron chi connectivity index (χ3n) is 1.30. The Hall–Kier alpha value is -1.45. The van der Waals surface area contributed by atoms with Crippen LogP contribution in [-0.2, 0) is 0 Å². The fourth-order valence-electron chi connectivity index (χ4n) is 0.723. The molecule has 0 bridgehead atoms. The number of hydrogen-bond acceptors (Lipinski definition) is 3. The molecule has 0 radical (unpaired) electrons. The summed E-state index contributed by atoms with van der Waals surface area (Å²) < 4.78 is 17.3. The second-order valence-electron chi connectivity index (χ2n) is 2.05. The highest BCUT2D eigenvalue weighted by Crippen LogP contribution is 2.29. The lowest BCUT2D eigenvalue weighted by Crippen LogP contribution is -1.92. The molecule has 0 unspecified atom stereocenters. The van der Waals surface area contributed by atoms with E-state index in [-0.39, 0.29) is 17.2 Å². The number of aromatic hydroxyl groups is 1. The van der Waals surface area contributed by atoms with Crippen LogP contribution < -0.4 is 10.5 Å². The van der Waals surface area contributed by atoms with Gasteiger partial charge in [-0.3, -0.25) is 0 Å². The minimum atomic E-state index is -0.598. The van der Waals surface area contributed by atoms with Crippen LogP contribution >= 0.6 is 0 Å². The van der Waals surface area contributed by atoms with Gasteiger partial charge in [0.05, 0.1) is 12.8 Å². The van der Waals surface area contributed by atoms with E-state index in [1.165, 1.54) is 7.11 Å². The second kappa shape index (κ2) is 2.65. The topological polar surface area (TPSA) is 55.5 Å². The summed E-state index contributed by atoms with van der Waals surface area (Å²) in [5, 5.41) is 9.04. The Balaban J connectivity index is 3.21. The molecule has 0 aliphatic heterocycles. The summed E-state index contributed by atoms with van der Waals surface area (Å²) in [5.41, 5.74) is 5.06. The minimum Gasteiger partial charge on any atom is -0.504 e. The van der Waals surface area contributed by atoms with Crippen molar-refractivity contribution in [1.29, 1.82) is 0 Å². The van der Waals surface area contributed by atoms with Crippen LogP contribution in [0, 0.1) is 5.82 Å². The van der Waals surface area contributed by atoms with Crippen LogP contribution in [0.4, 0.5) is 10.1 Å². The number of hydrogen-bond donors (Lipinski definition) is 2. The third kappa shape index (κ3) is 1.34. The van der Waals surface area contributed by atoms with E-state index in [4.69, 9.17) is 10.8 Å². The molecule has 0 atom stereocenters. The molecule has 3 nitrogen and oxygen atoms in total. The minimum absolute atomic E-state index is 0.0803. The van der Waals surface area contributed by atoms with Gasteiger partial charge in [0.2, 0.25) is 0 Å². The molecule has 3 N–H and O–H groups in total. The zero-order valence-electron chi connectivity index (χ0n) is 5.97. The zero-order valence-corrected chi connectivity index (χ0v) is 5.97. The highest BCUT2D eigenvalue weighted by atomic mass is 19.1. The molecule has 0 aliphatic rings. The van der Waals surface area contributed by atoms with Gasteiger partial charge in [-0.05, 0) is 0 Å². The van der Waals surface area contributed by atoms with Gasteiger partial charge >= 0.3 is 0 Å². The average Bonchev–Trinajstić information content (AvgIpc) is 1.97. The van der Waals surface area contributed by atoms with Crippen LogP contribution in [0.1, 0.15) is 0 Å². The van der Waals surface area contributed by atoms with Gasteiger partial charge < -0.3 is 15.6 Å². The van der Waals surface area contributed by atoms with Crippen LogP contribution in [0.5, 0.6) is 11.5 Å². The fourth-order valence-corrected chi connectivity index (χ4v) is 0.723. The summed E-state index contributed by atoms with van der Waals surface area (Å²) in [6.07, 6.45) is 0. The number of nitrogens with two attached hydrogens (primary N) is 1. The van der Waals surface area contributed by atoms with Gasteiger partial charge in [-0.25, -0.2) is 4.39 Å². The first-order chi connectivity index (χ1) is 5.15. The predicted molar refractivity (Wildman–Crippen MR) is 39.0 cm³/mol. The van der Waals surface area contributed by atoms with E-state index in [9.17, 15) is 4.39 Å². The van der Waals surface area contributed by atoms with E-state index in [2.05, 4.69) is 4.74 Å². The highest BCUT2D eigenvalue weighted by Gasteiger charge is 2.05. The Kier molecular flexibility index (Phi) is 1.85. The van der Waals surface area contributed by atoms with Gasteiger partial charge in [-0.1, -0.05) is 0 Å². The molecule has 0 aliphatic carbocycles. The average molecular weight is 157 g/mol. The number of phenolic OH excluding ortho intramolecular Hbond substituents is 1. The molecule has 11 heavy (non-hydrogen) atoms. The van der Waals surface area contributed by atoms with Crippen LogP contribution in [0.15, 0.2) is 12.1 Å². The van der Waals surface area contributed by atoms with E-state index >= 15 is 0 Å². The lowest BCUT2D eigenvalue weighted by atomic mass is 10.3. The molecule has 0 heterocycles. The number of methoxy groups -OCH3 is 1. The largest absolute Gasteiger partial charge is 0.504 e. The lowest BCUT2D eigenvalue weighted by molar-refractivity contribution is 0.370. The van der Waals surface area contributed by atoms with E-state index in [0.29, 0.717) is 0 Å². The van der Waals surface area contributed by atoms with Gasteiger partial charge in [0, 0.05) is 12.1 Å². The molecular weight excluding hydrogens is 149 g/mol. The number of nitrogen functional groups attached to an aromatic ring is 1. The summed E-state index contributed by atoms with van der Waals surface area (Å²) in [7, 11) is 1.34. The summed E-state index contributed by atoms with van der Waals surface area (Å²) in [5.74, 6) is -0.678. The number of phenols is 1. The molecule has 4 heteroatoms. The van der Waals surface area contributed by atoms with Crippen molar-refractivity contribution < 1.29 is 14.2 Å². The molecule has 0 fully saturated rings. The Morgan fingerprint density at radius 3 is 2.73 bits per heavy atom. The Labute approximate surface area is 63.2 Å². The molecule has 60 valence electrons. The van der Waals surface area contributed by atoms with Crippen LogP contribution in [-0.4, -0.2) is 12.2 Å². The summed E-state index contributed by atoms with van der Waals surface area (Å²) in [6, 6.07) is 2.14. The first-order valence-corrected chi connectivity index (χ1v) is 2.97. The standard InChI is InChI=1S/C7H8FNO2/c1-11-7-2-4(8)5(9)3-6(7)10/h2-3,10H,9H2,1H3. The maximum Gasteiger partial charge on any atom is 0.163 e. The van der Waals surface area contributed by atoms with Gasteiger partial charge in [0.1, 0.15) is 5.82 Å². The number of benzene rings is 1. The molecule has 0 spiro atoms. The zero-order chi connectivity index (χ0) is 8.43. The van der Waals surface area contributed by atoms with Gasteiger partial charge in [0.15, 0.2) is 11.5 Å². The van der Waals surface area contributed by atoms with Gasteiger partial charge in [-0.15, -0.1) is 0 Å². The van der Waals surface area contributed by atoms with Crippen molar-refractivity contribution in [2.75, 3.05) is 12.8 Å². The number of halogens is 1. The van der Waals surface area contributed by atoms with Crippen molar-refractivity contribution >= 4 is 5.69 Å². The number of ether oxygens (including phenoxy) is 1. The molecule has 0 saturated heterocycles. The van der Waals surface area contributed by atoms with Gasteiger partial charge in [-0.2, -0.15) is 0 Å². The van der Waals surface area contributed by atoms with Crippen molar-refractivity contribution in [3.8, 4) is 11.5 Å². The molecule has 1 aromatic carbocycles. The lowest BCUT2D eigenvalue weighted by Gasteiger charge is -2.03. The highest BCUT2D eigenvalue weighted by molar-refractivity contribution is 5.52. The molecule has 0 aromatic heterocycles. The van der Waals surface area contributed by atoms with Crippen LogP contribution in [0.25, 0.3) is 0 Å². The van der Waals surface area contributed by atoms with E-state index < -0.39 is 5.82 Å². The third-order valence-corrected chi connectivity index (χ3v) is 1.30. The van der Waals surface area contributed by atoms with E-state index in [1.807, 2.05) is 0 Å². The van der Waals surface area contributed by atoms with Crippen molar-refractivity contribution in [3.63, 3.8) is 0 Å². The van der Waals surface area contributed by atoms with Crippen molar-refractivity contribution in [2.24, 2.45) is 0 Å². The molecule has 0 amide bonds. The van der Waals surface area contributed by atoms with E-state index in [1.54, 1.807) is 0 Å². The molecule has 1 rings (SSSR count). The van der Waals surface area contributed by atoms with Crippen LogP contribution in [0.2, 0.25) is 0 Å². The first kappa shape index (κ1) is 7.65. The van der Waals surface area contributed by atoms with Crippen molar-refractivity contribution in [1.82, 2.24) is 0 Å². The fraction of sp³-hybridized carbons (Fsp3) is 0.143. The molecular formula is C7H8FNO2. The number of rotatable bonds is 1. The Morgan fingerprint density at radius 1 is 1.55 bits per heavy atom. The maximum absolute atomic E-state index is 12.6. The van der Waals surface area contributed by atoms with Crippen LogP contribution in [0.3, 0.4) is 0 Å². The van der Waals surface area contributed by atoms with Crippen molar-refractivity contribution in [3.05, 3.63) is 17.9 Å². The smallest absolute Gasteiger partial charge is 0.163 e. The van der Waals surface area contributed by atoms with Crippen molar-refractivity contribution in [2.45, 2.75) is 0 Å². The SMILES string of the molecule is COc1cc(F)c(N)cc1O. The quantitative estimate of drug-likeness (QED) is 0.600. The normalized spacial score (nSPS) is 9.64. The molecule has 1 aromatic rings. The monoisotopic (exact) mass is 157 g/mol. The first-order valence-electron chi connectivity index (χ1n) is 2.97. The van der Waals surface area contributed by atoms with Gasteiger partial charge in [0.25, 0.3) is 0 Å². The second-order valence-corrected chi connectivity index (χ2v) is 2.05.